The SMILES string of the molecule is Nc1ccccc1C1N=CNNC=N1. The highest BCUT2D eigenvalue weighted by Gasteiger charge is 2.10. The quantitative estimate of drug-likeness (QED) is 0.561. The lowest BCUT2D eigenvalue weighted by molar-refractivity contribution is 0.791. The number of nitrogens with two attached hydrogens (primary N) is 1. The maximum atomic E-state index is 5.81. The summed E-state index contributed by atoms with van der Waals surface area (Å²) >= 11 is 0. The minimum Gasteiger partial charge on any atom is -0.398 e. The van der Waals surface area contributed by atoms with Gasteiger partial charge in [0.25, 0.3) is 0 Å². The van der Waals surface area contributed by atoms with E-state index in [4.69, 9.17) is 5.73 Å². The van der Waals surface area contributed by atoms with Crippen LogP contribution in [0.3, 0.4) is 0 Å². The highest BCUT2D eigenvalue weighted by atomic mass is 15.4. The molecule has 14 heavy (non-hydrogen) atoms. The molecule has 5 heteroatoms. The second-order valence-corrected chi connectivity index (χ2v) is 2.85. The van der Waals surface area contributed by atoms with Crippen LogP contribution in [0.4, 0.5) is 5.69 Å². The van der Waals surface area contributed by atoms with E-state index in [0.717, 1.165) is 5.56 Å². The molecule has 72 valence electrons. The molecule has 0 amide bonds. The third-order valence-electron chi connectivity index (χ3n) is 1.92. The average Bonchev–Trinajstić information content (AvgIpc) is 2.47. The first kappa shape index (κ1) is 8.55. The maximum Gasteiger partial charge on any atom is 0.170 e. The van der Waals surface area contributed by atoms with Gasteiger partial charge in [0.05, 0.1) is 0 Å². The third-order valence-corrected chi connectivity index (χ3v) is 1.92. The summed E-state index contributed by atoms with van der Waals surface area (Å²) in [4.78, 5) is 8.36. The molecule has 1 aliphatic heterocycles. The molecule has 0 atom stereocenters. The first-order chi connectivity index (χ1) is 6.88. The Bertz CT molecular complexity index is 357. The van der Waals surface area contributed by atoms with Crippen LogP contribution in [0, 0.1) is 0 Å². The van der Waals surface area contributed by atoms with E-state index in [1.54, 1.807) is 12.7 Å². The minimum atomic E-state index is -0.265. The number of hydrogen-bond donors (Lipinski definition) is 3. The van der Waals surface area contributed by atoms with Gasteiger partial charge in [0.15, 0.2) is 6.17 Å². The van der Waals surface area contributed by atoms with Crippen LogP contribution in [-0.4, -0.2) is 12.7 Å². The van der Waals surface area contributed by atoms with Crippen LogP contribution < -0.4 is 16.6 Å². The number of nitrogens with one attached hydrogen (secondary N) is 2. The maximum absolute atomic E-state index is 5.81. The zero-order chi connectivity index (χ0) is 9.80. The first-order valence-corrected chi connectivity index (χ1v) is 4.26. The predicted octanol–water partition coefficient (Wildman–Crippen LogP) is 0.432. The van der Waals surface area contributed by atoms with Gasteiger partial charge in [-0.05, 0) is 6.07 Å². The molecule has 1 aromatic carbocycles. The van der Waals surface area contributed by atoms with Crippen molar-refractivity contribution in [3.8, 4) is 0 Å². The Hall–Kier alpha value is -2.04. The largest absolute Gasteiger partial charge is 0.398 e. The van der Waals surface area contributed by atoms with Gasteiger partial charge in [0.2, 0.25) is 0 Å². The zero-order valence-electron chi connectivity index (χ0n) is 7.51. The standard InChI is InChI=1S/C9H11N5/c10-8-4-2-1-3-7(8)9-11-5-13-14-6-12-9/h1-6,9H,10H2,(H,11,13)(H,12,14). The van der Waals surface area contributed by atoms with Crippen molar-refractivity contribution in [3.05, 3.63) is 29.8 Å². The first-order valence-electron chi connectivity index (χ1n) is 4.26. The molecule has 0 unspecified atom stereocenters. The summed E-state index contributed by atoms with van der Waals surface area (Å²) in [6, 6.07) is 7.56. The zero-order valence-corrected chi connectivity index (χ0v) is 7.51. The van der Waals surface area contributed by atoms with Crippen LogP contribution in [0.2, 0.25) is 0 Å². The van der Waals surface area contributed by atoms with E-state index in [1.165, 1.54) is 0 Å². The monoisotopic (exact) mass is 189 g/mol. The molecular weight excluding hydrogens is 178 g/mol. The van der Waals surface area contributed by atoms with Crippen molar-refractivity contribution in [1.82, 2.24) is 10.9 Å². The summed E-state index contributed by atoms with van der Waals surface area (Å²) in [5, 5.41) is 0. The molecule has 0 saturated heterocycles. The van der Waals surface area contributed by atoms with E-state index in [-0.39, 0.29) is 6.17 Å². The number of benzene rings is 1. The van der Waals surface area contributed by atoms with Crippen LogP contribution in [0.1, 0.15) is 11.7 Å². The van der Waals surface area contributed by atoms with E-state index in [1.807, 2.05) is 24.3 Å². The number of hydrazine groups is 1. The highest BCUT2D eigenvalue weighted by Crippen LogP contribution is 2.23. The van der Waals surface area contributed by atoms with E-state index in [2.05, 4.69) is 20.8 Å². The van der Waals surface area contributed by atoms with Crippen molar-refractivity contribution < 1.29 is 0 Å². The molecule has 0 bridgehead atoms. The Morgan fingerprint density at radius 1 is 1.07 bits per heavy atom. The van der Waals surface area contributed by atoms with Gasteiger partial charge in [-0.25, -0.2) is 9.98 Å². The van der Waals surface area contributed by atoms with E-state index < -0.39 is 0 Å². The van der Waals surface area contributed by atoms with Crippen molar-refractivity contribution in [2.24, 2.45) is 9.98 Å². The summed E-state index contributed by atoms with van der Waals surface area (Å²) in [6.07, 6.45) is 2.85. The molecule has 0 radical (unpaired) electrons. The van der Waals surface area contributed by atoms with Crippen molar-refractivity contribution >= 4 is 18.4 Å². The molecule has 5 nitrogen and oxygen atoms in total. The average molecular weight is 189 g/mol. The molecule has 0 saturated carbocycles. The molecule has 0 fully saturated rings. The fraction of sp³-hybridized carbons (Fsp3) is 0.111. The fourth-order valence-corrected chi connectivity index (χ4v) is 1.24. The third kappa shape index (κ3) is 1.66. The molecular formula is C9H11N5. The number of nitrogen functional groups attached to an aromatic ring is 1. The number of aliphatic imine (C=N–C) groups is 2. The molecule has 0 aromatic heterocycles. The van der Waals surface area contributed by atoms with Gasteiger partial charge >= 0.3 is 0 Å². The molecule has 1 heterocycles. The minimum absolute atomic E-state index is 0.265. The lowest BCUT2D eigenvalue weighted by Crippen LogP contribution is -2.27. The van der Waals surface area contributed by atoms with Crippen LogP contribution in [0.25, 0.3) is 0 Å². The van der Waals surface area contributed by atoms with Crippen molar-refractivity contribution in [1.29, 1.82) is 0 Å². The van der Waals surface area contributed by atoms with Crippen molar-refractivity contribution in [2.75, 3.05) is 5.73 Å². The van der Waals surface area contributed by atoms with E-state index >= 15 is 0 Å². The number of hydrogen-bond acceptors (Lipinski definition) is 5. The highest BCUT2D eigenvalue weighted by molar-refractivity contribution is 5.64. The molecule has 4 N–H and O–H groups in total. The Balaban J connectivity index is 2.33. The summed E-state index contributed by atoms with van der Waals surface area (Å²) in [5.41, 5.74) is 12.9. The van der Waals surface area contributed by atoms with Gasteiger partial charge in [0, 0.05) is 11.3 Å². The smallest absolute Gasteiger partial charge is 0.170 e. The normalized spacial score (nSPS) is 15.7. The molecule has 0 spiro atoms. The van der Waals surface area contributed by atoms with Gasteiger partial charge in [0.1, 0.15) is 12.7 Å². The summed E-state index contributed by atoms with van der Waals surface area (Å²) in [6.45, 7) is 0. The van der Waals surface area contributed by atoms with Gasteiger partial charge in [-0.1, -0.05) is 18.2 Å². The lowest BCUT2D eigenvalue weighted by Gasteiger charge is -2.08. The Morgan fingerprint density at radius 3 is 2.36 bits per heavy atom. The van der Waals surface area contributed by atoms with E-state index in [9.17, 15) is 0 Å². The summed E-state index contributed by atoms with van der Waals surface area (Å²) in [7, 11) is 0. The second kappa shape index (κ2) is 3.78. The fourth-order valence-electron chi connectivity index (χ4n) is 1.24. The van der Waals surface area contributed by atoms with Gasteiger partial charge < -0.3 is 5.73 Å². The Kier molecular flexibility index (Phi) is 2.31. The van der Waals surface area contributed by atoms with Gasteiger partial charge in [-0.2, -0.15) is 0 Å². The predicted molar refractivity (Wildman–Crippen MR) is 56.9 cm³/mol. The van der Waals surface area contributed by atoms with Crippen LogP contribution in [0.5, 0.6) is 0 Å². The summed E-state index contributed by atoms with van der Waals surface area (Å²) < 4.78 is 0. The van der Waals surface area contributed by atoms with Crippen molar-refractivity contribution in [2.45, 2.75) is 6.17 Å². The number of nitrogens with zero attached hydrogens (tertiary/aromatic N) is 2. The summed E-state index contributed by atoms with van der Waals surface area (Å²) in [5.74, 6) is 0. The van der Waals surface area contributed by atoms with Crippen LogP contribution in [0.15, 0.2) is 34.3 Å². The molecule has 0 aliphatic carbocycles. The molecule has 1 aromatic rings. The number of para-hydroxylation sites is 1. The Labute approximate surface area is 81.7 Å². The van der Waals surface area contributed by atoms with Gasteiger partial charge in [-0.15, -0.1) is 0 Å². The Morgan fingerprint density at radius 2 is 1.71 bits per heavy atom. The molecule has 1 aliphatic rings. The second-order valence-electron chi connectivity index (χ2n) is 2.85. The lowest BCUT2D eigenvalue weighted by atomic mass is 10.1. The van der Waals surface area contributed by atoms with Crippen molar-refractivity contribution in [3.63, 3.8) is 0 Å². The van der Waals surface area contributed by atoms with E-state index in [0.29, 0.717) is 5.69 Å². The number of rotatable bonds is 1. The topological polar surface area (TPSA) is 74.8 Å². The van der Waals surface area contributed by atoms with Crippen LogP contribution >= 0.6 is 0 Å². The van der Waals surface area contributed by atoms with Gasteiger partial charge in [-0.3, -0.25) is 10.9 Å². The number of anilines is 1. The van der Waals surface area contributed by atoms with Crippen LogP contribution in [-0.2, 0) is 0 Å². The molecule has 2 rings (SSSR count).